The fraction of sp³-hybridized carbons (Fsp3) is 0.208. The molecule has 1 atom stereocenters. The molecule has 1 heterocycles. The molecule has 8 nitrogen and oxygen atoms in total. The number of benzene rings is 3. The fourth-order valence-corrected chi connectivity index (χ4v) is 5.29. The van der Waals surface area contributed by atoms with Gasteiger partial charge < -0.3 is 5.11 Å². The molecule has 170 valence electrons. The Labute approximate surface area is 190 Å². The highest BCUT2D eigenvalue weighted by molar-refractivity contribution is 7.89. The lowest BCUT2D eigenvalue weighted by Gasteiger charge is -2.29. The quantitative estimate of drug-likeness (QED) is 0.492. The first-order valence-corrected chi connectivity index (χ1v) is 11.9. The van der Waals surface area contributed by atoms with E-state index in [1.807, 2.05) is 19.1 Å². The fourth-order valence-electron chi connectivity index (χ4n) is 4.04. The van der Waals surface area contributed by atoms with Crippen LogP contribution in [0.4, 0.5) is 0 Å². The molecule has 3 aromatic carbocycles. The summed E-state index contributed by atoms with van der Waals surface area (Å²) in [5.74, 6) is -2.26. The first-order valence-electron chi connectivity index (χ1n) is 10.4. The smallest absolute Gasteiger partial charge is 0.337 e. The van der Waals surface area contributed by atoms with E-state index in [1.165, 1.54) is 29.2 Å². The lowest BCUT2D eigenvalue weighted by Crippen LogP contribution is -2.43. The molecule has 0 aromatic heterocycles. The van der Waals surface area contributed by atoms with Crippen LogP contribution in [-0.2, 0) is 10.0 Å². The van der Waals surface area contributed by atoms with E-state index in [4.69, 9.17) is 0 Å². The molecule has 0 bridgehead atoms. The molecule has 9 heteroatoms. The van der Waals surface area contributed by atoms with Crippen LogP contribution in [0.2, 0.25) is 0 Å². The number of carboxylic acids is 1. The molecule has 0 spiro atoms. The van der Waals surface area contributed by atoms with Gasteiger partial charge in [-0.05, 0) is 42.0 Å². The summed E-state index contributed by atoms with van der Waals surface area (Å²) < 4.78 is 27.6. The van der Waals surface area contributed by atoms with E-state index in [0.29, 0.717) is 22.9 Å². The molecule has 0 fully saturated rings. The number of imide groups is 1. The summed E-state index contributed by atoms with van der Waals surface area (Å²) in [6.45, 7) is 1.98. The number of hydrogen-bond acceptors (Lipinski definition) is 5. The highest BCUT2D eigenvalue weighted by atomic mass is 32.2. The normalized spacial score (nSPS) is 14.5. The molecule has 2 amide bonds. The zero-order chi connectivity index (χ0) is 23.8. The number of rotatable bonds is 8. The number of sulfonamides is 1. The summed E-state index contributed by atoms with van der Waals surface area (Å²) in [4.78, 5) is 38.2. The van der Waals surface area contributed by atoms with E-state index >= 15 is 0 Å². The van der Waals surface area contributed by atoms with E-state index in [1.54, 1.807) is 24.3 Å². The number of carboxylic acid groups (broad SMARTS) is 1. The van der Waals surface area contributed by atoms with Crippen LogP contribution in [0.25, 0.3) is 10.8 Å². The van der Waals surface area contributed by atoms with Crippen LogP contribution < -0.4 is 4.72 Å². The maximum atomic E-state index is 13.0. The number of carbonyl (C=O) groups is 3. The summed E-state index contributed by atoms with van der Waals surface area (Å²) >= 11 is 0. The summed E-state index contributed by atoms with van der Waals surface area (Å²) in [6, 6.07) is 16.0. The zero-order valence-corrected chi connectivity index (χ0v) is 18.6. The Morgan fingerprint density at radius 2 is 1.58 bits per heavy atom. The van der Waals surface area contributed by atoms with E-state index < -0.39 is 16.0 Å². The molecule has 0 radical (unpaired) electrons. The first-order chi connectivity index (χ1) is 15.7. The molecule has 1 aliphatic rings. The van der Waals surface area contributed by atoms with Gasteiger partial charge in [0.05, 0.1) is 10.5 Å². The van der Waals surface area contributed by atoms with Crippen LogP contribution in [0, 0.1) is 5.92 Å². The average molecular weight is 467 g/mol. The van der Waals surface area contributed by atoms with Crippen LogP contribution in [0.5, 0.6) is 0 Å². The number of carbonyl (C=O) groups excluding carboxylic acids is 2. The van der Waals surface area contributed by atoms with Gasteiger partial charge in [0.2, 0.25) is 10.0 Å². The molecule has 0 saturated heterocycles. The zero-order valence-electron chi connectivity index (χ0n) is 17.8. The van der Waals surface area contributed by atoms with Gasteiger partial charge in [-0.15, -0.1) is 0 Å². The van der Waals surface area contributed by atoms with Crippen LogP contribution >= 0.6 is 0 Å². The number of amides is 2. The van der Waals surface area contributed by atoms with E-state index in [0.717, 1.165) is 5.39 Å². The summed E-state index contributed by atoms with van der Waals surface area (Å²) in [5, 5.41) is 10.7. The Balaban J connectivity index is 1.44. The van der Waals surface area contributed by atoms with Crippen molar-refractivity contribution in [3.63, 3.8) is 0 Å². The Hall–Kier alpha value is -3.56. The van der Waals surface area contributed by atoms with Crippen LogP contribution in [0.1, 0.15) is 44.4 Å². The van der Waals surface area contributed by atoms with Crippen LogP contribution in [0.3, 0.4) is 0 Å². The summed E-state index contributed by atoms with van der Waals surface area (Å²) in [7, 11) is -4.03. The van der Waals surface area contributed by atoms with Crippen molar-refractivity contribution in [2.45, 2.75) is 18.2 Å². The van der Waals surface area contributed by atoms with Crippen molar-refractivity contribution in [2.24, 2.45) is 5.92 Å². The Morgan fingerprint density at radius 3 is 2.18 bits per heavy atom. The monoisotopic (exact) mass is 466 g/mol. The molecule has 4 rings (SSSR count). The van der Waals surface area contributed by atoms with E-state index in [2.05, 4.69) is 4.72 Å². The number of hydrogen-bond donors (Lipinski definition) is 2. The first kappa shape index (κ1) is 22.6. The highest BCUT2D eigenvalue weighted by Gasteiger charge is 2.33. The van der Waals surface area contributed by atoms with Crippen LogP contribution in [-0.4, -0.2) is 49.3 Å². The third kappa shape index (κ3) is 4.24. The van der Waals surface area contributed by atoms with Crippen molar-refractivity contribution in [1.82, 2.24) is 9.62 Å². The third-order valence-corrected chi connectivity index (χ3v) is 7.21. The topological polar surface area (TPSA) is 121 Å². The van der Waals surface area contributed by atoms with Gasteiger partial charge in [0.15, 0.2) is 0 Å². The molecule has 2 N–H and O–H groups in total. The minimum Gasteiger partial charge on any atom is -0.478 e. The standard InChI is InChI=1S/C24H22N2O6S/c1-15(12-13-25-33(31,32)20-11-3-2-8-17(20)24(29)30)14-26-22(27)18-9-4-6-16-7-5-10-19(21(16)18)23(26)28/h2-11,15,25H,12-14H2,1H3,(H,29,30). The maximum absolute atomic E-state index is 13.0. The summed E-state index contributed by atoms with van der Waals surface area (Å²) in [5.41, 5.74) is 0.636. The highest BCUT2D eigenvalue weighted by Crippen LogP contribution is 2.30. The summed E-state index contributed by atoms with van der Waals surface area (Å²) in [6.07, 6.45) is 0.345. The second-order valence-corrected chi connectivity index (χ2v) is 9.76. The van der Waals surface area contributed by atoms with Gasteiger partial charge in [0, 0.05) is 29.6 Å². The Morgan fingerprint density at radius 1 is 0.970 bits per heavy atom. The second kappa shape index (κ2) is 8.76. The van der Waals surface area contributed by atoms with Gasteiger partial charge in [-0.2, -0.15) is 0 Å². The lowest BCUT2D eigenvalue weighted by molar-refractivity contribution is 0.0585. The molecule has 1 aliphatic heterocycles. The predicted molar refractivity (Wildman–Crippen MR) is 122 cm³/mol. The van der Waals surface area contributed by atoms with Gasteiger partial charge in [-0.25, -0.2) is 17.9 Å². The molecule has 33 heavy (non-hydrogen) atoms. The minimum absolute atomic E-state index is 0.0276. The van der Waals surface area contributed by atoms with E-state index in [9.17, 15) is 27.9 Å². The number of nitrogens with zero attached hydrogens (tertiary/aromatic N) is 1. The molecule has 3 aromatic rings. The molecule has 1 unspecified atom stereocenters. The van der Waals surface area contributed by atoms with Gasteiger partial charge in [0.1, 0.15) is 0 Å². The van der Waals surface area contributed by atoms with Crippen LogP contribution in [0.15, 0.2) is 65.6 Å². The maximum Gasteiger partial charge on any atom is 0.337 e. The Bertz CT molecular complexity index is 1330. The molecule has 0 aliphatic carbocycles. The Kier molecular flexibility index (Phi) is 6.01. The largest absolute Gasteiger partial charge is 0.478 e. The lowest BCUT2D eigenvalue weighted by atomic mass is 9.93. The minimum atomic E-state index is -4.03. The second-order valence-electron chi connectivity index (χ2n) is 8.02. The van der Waals surface area contributed by atoms with Crippen molar-refractivity contribution in [1.29, 1.82) is 0 Å². The SMILES string of the molecule is CC(CCNS(=O)(=O)c1ccccc1C(=O)O)CN1C(=O)c2cccc3cccc(c23)C1=O. The molecule has 0 saturated carbocycles. The molecular formula is C24H22N2O6S. The number of nitrogens with one attached hydrogen (secondary N) is 1. The van der Waals surface area contributed by atoms with Crippen molar-refractivity contribution in [3.8, 4) is 0 Å². The van der Waals surface area contributed by atoms with E-state index in [-0.39, 0.29) is 41.3 Å². The van der Waals surface area contributed by atoms with Crippen molar-refractivity contribution in [3.05, 3.63) is 77.4 Å². The van der Waals surface area contributed by atoms with Gasteiger partial charge in [-0.3, -0.25) is 14.5 Å². The van der Waals surface area contributed by atoms with Crippen molar-refractivity contribution < 1.29 is 27.9 Å². The van der Waals surface area contributed by atoms with Gasteiger partial charge >= 0.3 is 5.97 Å². The van der Waals surface area contributed by atoms with Crippen molar-refractivity contribution >= 4 is 38.6 Å². The van der Waals surface area contributed by atoms with Gasteiger partial charge in [-0.1, -0.05) is 43.3 Å². The number of aromatic carboxylic acids is 1. The predicted octanol–water partition coefficient (Wildman–Crippen LogP) is 3.14. The third-order valence-electron chi connectivity index (χ3n) is 5.69. The molecular weight excluding hydrogens is 444 g/mol. The van der Waals surface area contributed by atoms with Crippen molar-refractivity contribution in [2.75, 3.05) is 13.1 Å². The van der Waals surface area contributed by atoms with Gasteiger partial charge in [0.25, 0.3) is 11.8 Å². The average Bonchev–Trinajstić information content (AvgIpc) is 2.80.